The molecule has 2 bridgehead atoms. The first kappa shape index (κ1) is 14.2. The lowest BCUT2D eigenvalue weighted by molar-refractivity contribution is -0.150. The van der Waals surface area contributed by atoms with E-state index in [-0.39, 0.29) is 17.3 Å². The van der Waals surface area contributed by atoms with Gasteiger partial charge in [0.25, 0.3) is 0 Å². The van der Waals surface area contributed by atoms with E-state index in [0.717, 1.165) is 25.7 Å². The summed E-state index contributed by atoms with van der Waals surface area (Å²) in [5, 5.41) is 9.86. The normalized spacial score (nSPS) is 37.4. The Hall–Kier alpha value is -1.43. The fraction of sp³-hybridized carbons (Fsp3) is 0.562. The Morgan fingerprint density at radius 3 is 2.55 bits per heavy atom. The van der Waals surface area contributed by atoms with Crippen LogP contribution in [-0.4, -0.2) is 22.0 Å². The van der Waals surface area contributed by atoms with Gasteiger partial charge in [-0.15, -0.1) is 0 Å². The van der Waals surface area contributed by atoms with E-state index in [4.69, 9.17) is 5.73 Å². The molecule has 22 heavy (non-hydrogen) atoms. The summed E-state index contributed by atoms with van der Waals surface area (Å²) in [6.07, 6.45) is 5.42. The monoisotopic (exact) mass is 364 g/mol. The summed E-state index contributed by atoms with van der Waals surface area (Å²) in [6.45, 7) is 0. The van der Waals surface area contributed by atoms with Crippen LogP contribution in [-0.2, 0) is 15.0 Å². The van der Waals surface area contributed by atoms with Gasteiger partial charge in [-0.05, 0) is 70.5 Å². The second-order valence-corrected chi connectivity index (χ2v) is 7.70. The number of aliphatic carboxylic acids is 1. The van der Waals surface area contributed by atoms with Crippen LogP contribution in [0.1, 0.15) is 31.2 Å². The third-order valence-corrected chi connectivity index (χ3v) is 6.82. The van der Waals surface area contributed by atoms with Gasteiger partial charge in [0, 0.05) is 6.20 Å². The van der Waals surface area contributed by atoms with Gasteiger partial charge >= 0.3 is 5.97 Å². The Kier molecular flexibility index (Phi) is 2.78. The molecule has 3 aliphatic carbocycles. The van der Waals surface area contributed by atoms with Crippen LogP contribution >= 0.6 is 15.9 Å². The summed E-state index contributed by atoms with van der Waals surface area (Å²) in [5.74, 6) is -2.05. The summed E-state index contributed by atoms with van der Waals surface area (Å²) in [5.41, 5.74) is 5.39. The van der Waals surface area contributed by atoms with E-state index in [0.29, 0.717) is 10.2 Å². The average molecular weight is 365 g/mol. The molecule has 4 atom stereocenters. The number of rotatable bonds is 3. The maximum atomic E-state index is 12.5. The van der Waals surface area contributed by atoms with E-state index < -0.39 is 23.2 Å². The molecule has 6 heteroatoms. The number of carboxylic acid groups (broad SMARTS) is 1. The van der Waals surface area contributed by atoms with Crippen LogP contribution in [0, 0.1) is 23.2 Å². The third-order valence-electron chi connectivity index (χ3n) is 6.35. The van der Waals surface area contributed by atoms with Crippen molar-refractivity contribution in [2.24, 2.45) is 28.9 Å². The van der Waals surface area contributed by atoms with Crippen LogP contribution < -0.4 is 5.73 Å². The molecule has 3 fully saturated rings. The summed E-state index contributed by atoms with van der Waals surface area (Å²) in [7, 11) is 0. The molecule has 5 nitrogen and oxygen atoms in total. The third kappa shape index (κ3) is 1.46. The highest BCUT2D eigenvalue weighted by Gasteiger charge is 2.78. The minimum Gasteiger partial charge on any atom is -0.481 e. The van der Waals surface area contributed by atoms with Crippen LogP contribution in [0.5, 0.6) is 0 Å². The Balaban J connectivity index is 1.95. The van der Waals surface area contributed by atoms with Crippen molar-refractivity contribution in [3.05, 3.63) is 28.5 Å². The van der Waals surface area contributed by atoms with Gasteiger partial charge in [0.1, 0.15) is 4.60 Å². The lowest BCUT2D eigenvalue weighted by Gasteiger charge is -2.39. The standard InChI is InChI=1S/C16H17BrN2O3/c17-11-4-1-8(7-19-11)16(14(18)22)10-3-2-9(12(16)13(20)21)15(10)5-6-15/h1,4,7,9-10,12H,2-3,5-6H2,(H2,18,22)(H,20,21)/t9-,10+,12+,16-/m1/s1. The minimum absolute atomic E-state index is 0.0190. The number of aromatic nitrogens is 1. The lowest BCUT2D eigenvalue weighted by Crippen LogP contribution is -2.53. The van der Waals surface area contributed by atoms with Gasteiger partial charge in [-0.3, -0.25) is 9.59 Å². The smallest absolute Gasteiger partial charge is 0.308 e. The number of nitrogens with two attached hydrogens (primary N) is 1. The van der Waals surface area contributed by atoms with E-state index in [1.807, 2.05) is 0 Å². The first-order valence-electron chi connectivity index (χ1n) is 7.59. The molecule has 1 heterocycles. The highest BCUT2D eigenvalue weighted by molar-refractivity contribution is 9.10. The zero-order chi connectivity index (χ0) is 15.7. The van der Waals surface area contributed by atoms with E-state index in [2.05, 4.69) is 20.9 Å². The number of pyridine rings is 1. The van der Waals surface area contributed by atoms with Crippen LogP contribution in [0.2, 0.25) is 0 Å². The molecule has 3 saturated carbocycles. The van der Waals surface area contributed by atoms with Crippen molar-refractivity contribution in [2.75, 3.05) is 0 Å². The zero-order valence-corrected chi connectivity index (χ0v) is 13.5. The van der Waals surface area contributed by atoms with Gasteiger partial charge in [-0.1, -0.05) is 6.07 Å². The lowest BCUT2D eigenvalue weighted by atomic mass is 9.61. The highest BCUT2D eigenvalue weighted by atomic mass is 79.9. The molecule has 3 aliphatic rings. The number of hydrogen-bond donors (Lipinski definition) is 2. The Morgan fingerprint density at radius 1 is 1.32 bits per heavy atom. The van der Waals surface area contributed by atoms with E-state index in [9.17, 15) is 14.7 Å². The molecule has 3 N–H and O–H groups in total. The Bertz CT molecular complexity index is 670. The summed E-state index contributed by atoms with van der Waals surface area (Å²) in [4.78, 5) is 28.8. The van der Waals surface area contributed by atoms with Crippen LogP contribution in [0.15, 0.2) is 22.9 Å². The number of amides is 1. The molecule has 0 aromatic carbocycles. The van der Waals surface area contributed by atoms with Gasteiger partial charge in [-0.2, -0.15) is 0 Å². The first-order chi connectivity index (χ1) is 10.4. The number of nitrogens with zero attached hydrogens (tertiary/aromatic N) is 1. The van der Waals surface area contributed by atoms with Crippen molar-refractivity contribution < 1.29 is 14.7 Å². The first-order valence-corrected chi connectivity index (χ1v) is 8.38. The molecular formula is C16H17BrN2O3. The predicted octanol–water partition coefficient (Wildman–Crippen LogP) is 2.09. The number of carbonyl (C=O) groups is 2. The van der Waals surface area contributed by atoms with Crippen LogP contribution in [0.4, 0.5) is 0 Å². The van der Waals surface area contributed by atoms with E-state index in [1.54, 1.807) is 18.3 Å². The number of hydrogen-bond acceptors (Lipinski definition) is 3. The van der Waals surface area contributed by atoms with Crippen molar-refractivity contribution in [1.29, 1.82) is 0 Å². The van der Waals surface area contributed by atoms with Crippen LogP contribution in [0.3, 0.4) is 0 Å². The van der Waals surface area contributed by atoms with Gasteiger partial charge in [0.15, 0.2) is 0 Å². The number of carboxylic acids is 1. The molecule has 4 rings (SSSR count). The highest BCUT2D eigenvalue weighted by Crippen LogP contribution is 2.78. The SMILES string of the molecule is NC(=O)[C@@]1(c2ccc(Br)nc2)[C@H](C(=O)O)[C@H]2CC[C@H]1C21CC1. The van der Waals surface area contributed by atoms with Crippen molar-refractivity contribution >= 4 is 27.8 Å². The molecule has 0 aliphatic heterocycles. The van der Waals surface area contributed by atoms with Gasteiger partial charge in [0.05, 0.1) is 11.3 Å². The molecular weight excluding hydrogens is 348 g/mol. The van der Waals surface area contributed by atoms with Crippen molar-refractivity contribution in [3.8, 4) is 0 Å². The van der Waals surface area contributed by atoms with Crippen molar-refractivity contribution in [3.63, 3.8) is 0 Å². The topological polar surface area (TPSA) is 93.3 Å². The van der Waals surface area contributed by atoms with Gasteiger partial charge < -0.3 is 10.8 Å². The molecule has 1 aromatic rings. The van der Waals surface area contributed by atoms with Gasteiger partial charge in [0.2, 0.25) is 5.91 Å². The fourth-order valence-corrected chi connectivity index (χ4v) is 5.83. The molecule has 1 aromatic heterocycles. The molecule has 1 spiro atoms. The quantitative estimate of drug-likeness (QED) is 0.803. The molecule has 1 amide bonds. The minimum atomic E-state index is -1.11. The Labute approximate surface area is 136 Å². The second kappa shape index (κ2) is 4.31. The molecule has 0 unspecified atom stereocenters. The molecule has 0 radical (unpaired) electrons. The molecule has 116 valence electrons. The van der Waals surface area contributed by atoms with E-state index >= 15 is 0 Å². The van der Waals surface area contributed by atoms with Gasteiger partial charge in [-0.25, -0.2) is 4.98 Å². The zero-order valence-electron chi connectivity index (χ0n) is 12.0. The summed E-state index contributed by atoms with van der Waals surface area (Å²) >= 11 is 3.28. The maximum Gasteiger partial charge on any atom is 0.308 e. The average Bonchev–Trinajstić information content (AvgIpc) is 3.13. The maximum absolute atomic E-state index is 12.5. The van der Waals surface area contributed by atoms with Crippen molar-refractivity contribution in [1.82, 2.24) is 4.98 Å². The van der Waals surface area contributed by atoms with Crippen LogP contribution in [0.25, 0.3) is 0 Å². The fourth-order valence-electron chi connectivity index (χ4n) is 5.59. The van der Waals surface area contributed by atoms with Crippen molar-refractivity contribution in [2.45, 2.75) is 31.1 Å². The second-order valence-electron chi connectivity index (χ2n) is 6.89. The molecule has 0 saturated heterocycles. The van der Waals surface area contributed by atoms with E-state index in [1.165, 1.54) is 0 Å². The predicted molar refractivity (Wildman–Crippen MR) is 81.8 cm³/mol. The summed E-state index contributed by atoms with van der Waals surface area (Å²) in [6, 6.07) is 3.55. The number of primary amides is 1. The largest absolute Gasteiger partial charge is 0.481 e. The Morgan fingerprint density at radius 2 is 2.05 bits per heavy atom. The number of halogens is 1. The summed E-state index contributed by atoms with van der Waals surface area (Å²) < 4.78 is 0.659. The number of carbonyl (C=O) groups excluding carboxylic acids is 1.